The predicted molar refractivity (Wildman–Crippen MR) is 117 cm³/mol. The minimum absolute atomic E-state index is 0.0505. The van der Waals surface area contributed by atoms with Crippen LogP contribution in [0.4, 0.5) is 28.9 Å². The molecule has 0 spiro atoms. The fraction of sp³-hybridized carbons (Fsp3) is 0.304. The van der Waals surface area contributed by atoms with E-state index in [2.05, 4.69) is 15.3 Å². The van der Waals surface area contributed by atoms with Crippen LogP contribution in [-0.4, -0.2) is 53.8 Å². The second-order valence-corrected chi connectivity index (χ2v) is 7.98. The summed E-state index contributed by atoms with van der Waals surface area (Å²) in [4.78, 5) is 16.8. The molecule has 0 saturated carbocycles. The molecule has 2 heterocycles. The maximum absolute atomic E-state index is 14.1. The van der Waals surface area contributed by atoms with E-state index >= 15 is 0 Å². The molecule has 4 rings (SSSR count). The van der Waals surface area contributed by atoms with Crippen molar-refractivity contribution in [2.24, 2.45) is 0 Å². The highest BCUT2D eigenvalue weighted by molar-refractivity contribution is 6.05. The number of nitrogens with one attached hydrogen (secondary N) is 1. The highest BCUT2D eigenvalue weighted by Crippen LogP contribution is 2.38. The fourth-order valence-corrected chi connectivity index (χ4v) is 3.83. The van der Waals surface area contributed by atoms with Crippen LogP contribution in [-0.2, 0) is 6.18 Å². The van der Waals surface area contributed by atoms with Crippen LogP contribution < -0.4 is 10.2 Å². The van der Waals surface area contributed by atoms with Crippen LogP contribution in [0.2, 0.25) is 0 Å². The SMILES string of the molecule is Cc1c(C(=O)Nc2ccc(N3CCN(C)CC3)cc2C(F)(F)F)cnn1-c1ccccc1F. The Morgan fingerprint density at radius 1 is 1.06 bits per heavy atom. The zero-order valence-corrected chi connectivity index (χ0v) is 18.2. The van der Waals surface area contributed by atoms with Crippen LogP contribution in [0.25, 0.3) is 5.69 Å². The molecular formula is C23H23F4N5O. The van der Waals surface area contributed by atoms with Gasteiger partial charge in [-0.1, -0.05) is 12.1 Å². The van der Waals surface area contributed by atoms with E-state index in [1.54, 1.807) is 19.1 Å². The summed E-state index contributed by atoms with van der Waals surface area (Å²) in [6.07, 6.45) is -3.44. The van der Waals surface area contributed by atoms with Crippen molar-refractivity contribution in [3.63, 3.8) is 0 Å². The van der Waals surface area contributed by atoms with E-state index in [1.807, 2.05) is 11.9 Å². The predicted octanol–water partition coefficient (Wildman–Crippen LogP) is 4.34. The van der Waals surface area contributed by atoms with Crippen LogP contribution in [0, 0.1) is 12.7 Å². The van der Waals surface area contributed by atoms with Gasteiger partial charge in [-0.25, -0.2) is 9.07 Å². The first-order valence-corrected chi connectivity index (χ1v) is 10.4. The van der Waals surface area contributed by atoms with Crippen LogP contribution >= 0.6 is 0 Å². The highest BCUT2D eigenvalue weighted by atomic mass is 19.4. The topological polar surface area (TPSA) is 53.4 Å². The Labute approximate surface area is 188 Å². The smallest absolute Gasteiger partial charge is 0.369 e. The van der Waals surface area contributed by atoms with Crippen LogP contribution in [0.1, 0.15) is 21.6 Å². The van der Waals surface area contributed by atoms with Gasteiger partial charge in [0.05, 0.1) is 28.7 Å². The Hall–Kier alpha value is -3.40. The maximum atomic E-state index is 14.1. The van der Waals surface area contributed by atoms with Gasteiger partial charge < -0.3 is 15.1 Å². The van der Waals surface area contributed by atoms with Gasteiger partial charge in [-0.15, -0.1) is 0 Å². The number of hydrogen-bond donors (Lipinski definition) is 1. The van der Waals surface area contributed by atoms with Crippen LogP contribution in [0.5, 0.6) is 0 Å². The van der Waals surface area contributed by atoms with Gasteiger partial charge in [-0.05, 0) is 44.3 Å². The summed E-state index contributed by atoms with van der Waals surface area (Å²) in [7, 11) is 1.97. The standard InChI is InChI=1S/C23H23F4N5O/c1-15-17(14-28-32(15)21-6-4-3-5-19(21)24)22(33)29-20-8-7-16(13-18(20)23(25,26)27)31-11-9-30(2)10-12-31/h3-8,13-14H,9-12H2,1-2H3,(H,29,33). The molecule has 0 atom stereocenters. The van der Waals surface area contributed by atoms with Gasteiger partial charge in [-0.3, -0.25) is 4.79 Å². The first-order chi connectivity index (χ1) is 15.6. The highest BCUT2D eigenvalue weighted by Gasteiger charge is 2.35. The molecule has 1 N–H and O–H groups in total. The van der Waals surface area contributed by atoms with Crippen LogP contribution in [0.3, 0.4) is 0 Å². The number of benzene rings is 2. The molecule has 1 saturated heterocycles. The van der Waals surface area contributed by atoms with Gasteiger partial charge in [-0.2, -0.15) is 18.3 Å². The van der Waals surface area contributed by atoms with E-state index in [0.29, 0.717) is 24.5 Å². The molecule has 0 unspecified atom stereocenters. The number of rotatable bonds is 4. The van der Waals surface area contributed by atoms with E-state index < -0.39 is 23.5 Å². The third kappa shape index (κ3) is 4.70. The lowest BCUT2D eigenvalue weighted by Gasteiger charge is -2.34. The zero-order chi connectivity index (χ0) is 23.8. The van der Waals surface area contributed by atoms with Crippen molar-refractivity contribution in [1.29, 1.82) is 0 Å². The fourth-order valence-electron chi connectivity index (χ4n) is 3.83. The molecule has 33 heavy (non-hydrogen) atoms. The lowest BCUT2D eigenvalue weighted by molar-refractivity contribution is -0.136. The average Bonchev–Trinajstić information content (AvgIpc) is 3.15. The number of aromatic nitrogens is 2. The molecule has 10 heteroatoms. The van der Waals surface area contributed by atoms with Crippen molar-refractivity contribution in [2.75, 3.05) is 43.4 Å². The lowest BCUT2D eigenvalue weighted by Crippen LogP contribution is -2.44. The van der Waals surface area contributed by atoms with Crippen molar-refractivity contribution < 1.29 is 22.4 Å². The lowest BCUT2D eigenvalue weighted by atomic mass is 10.1. The van der Waals surface area contributed by atoms with Gasteiger partial charge in [0.2, 0.25) is 0 Å². The number of para-hydroxylation sites is 1. The minimum Gasteiger partial charge on any atom is -0.369 e. The number of alkyl halides is 3. The van der Waals surface area contributed by atoms with Gasteiger partial charge >= 0.3 is 6.18 Å². The quantitative estimate of drug-likeness (QED) is 0.588. The third-order valence-corrected chi connectivity index (χ3v) is 5.76. The normalized spacial score (nSPS) is 15.0. The Bertz CT molecular complexity index is 1170. The second kappa shape index (κ2) is 8.86. The number of amides is 1. The number of carbonyl (C=O) groups excluding carboxylic acids is 1. The number of halogens is 4. The molecular weight excluding hydrogens is 438 g/mol. The molecule has 6 nitrogen and oxygen atoms in total. The van der Waals surface area contributed by atoms with Gasteiger partial charge in [0.15, 0.2) is 0 Å². The van der Waals surface area contributed by atoms with Gasteiger partial charge in [0.1, 0.15) is 11.5 Å². The molecule has 1 fully saturated rings. The molecule has 174 valence electrons. The number of carbonyl (C=O) groups is 1. The van der Waals surface area contributed by atoms with Crippen molar-refractivity contribution in [3.8, 4) is 5.69 Å². The number of piperazine rings is 1. The summed E-state index contributed by atoms with van der Waals surface area (Å²) >= 11 is 0. The molecule has 0 radical (unpaired) electrons. The Balaban J connectivity index is 1.61. The molecule has 1 aliphatic heterocycles. The van der Waals surface area contributed by atoms with Crippen molar-refractivity contribution >= 4 is 17.3 Å². The monoisotopic (exact) mass is 461 g/mol. The molecule has 1 amide bonds. The first-order valence-electron chi connectivity index (χ1n) is 10.4. The molecule has 2 aromatic carbocycles. The summed E-state index contributed by atoms with van der Waals surface area (Å²) in [6, 6.07) is 9.81. The van der Waals surface area contributed by atoms with E-state index in [9.17, 15) is 22.4 Å². The first kappa shape index (κ1) is 22.8. The molecule has 0 aliphatic carbocycles. The second-order valence-electron chi connectivity index (χ2n) is 7.98. The Kier molecular flexibility index (Phi) is 6.11. The number of nitrogens with zero attached hydrogens (tertiary/aromatic N) is 4. The largest absolute Gasteiger partial charge is 0.418 e. The molecule has 1 aliphatic rings. The van der Waals surface area contributed by atoms with E-state index in [0.717, 1.165) is 19.2 Å². The average molecular weight is 461 g/mol. The van der Waals surface area contributed by atoms with Crippen molar-refractivity contribution in [2.45, 2.75) is 13.1 Å². The zero-order valence-electron chi connectivity index (χ0n) is 18.2. The minimum atomic E-state index is -4.66. The van der Waals surface area contributed by atoms with E-state index in [1.165, 1.54) is 35.1 Å². The summed E-state index contributed by atoms with van der Waals surface area (Å²) < 4.78 is 56.8. The molecule has 1 aromatic heterocycles. The van der Waals surface area contributed by atoms with Crippen molar-refractivity contribution in [1.82, 2.24) is 14.7 Å². The summed E-state index contributed by atoms with van der Waals surface area (Å²) in [5.74, 6) is -1.29. The number of anilines is 2. The Morgan fingerprint density at radius 3 is 2.42 bits per heavy atom. The number of likely N-dealkylation sites (N-methyl/N-ethyl adjacent to an activating group) is 1. The summed E-state index contributed by atoms with van der Waals surface area (Å²) in [5.41, 5.74) is -0.317. The summed E-state index contributed by atoms with van der Waals surface area (Å²) in [5, 5.41) is 6.40. The summed E-state index contributed by atoms with van der Waals surface area (Å²) in [6.45, 7) is 4.30. The van der Waals surface area contributed by atoms with Gasteiger partial charge in [0, 0.05) is 31.9 Å². The number of hydrogen-bond acceptors (Lipinski definition) is 4. The molecule has 0 bridgehead atoms. The van der Waals surface area contributed by atoms with Crippen LogP contribution in [0.15, 0.2) is 48.7 Å². The molecule has 3 aromatic rings. The van der Waals surface area contributed by atoms with E-state index in [4.69, 9.17) is 0 Å². The van der Waals surface area contributed by atoms with E-state index in [-0.39, 0.29) is 16.9 Å². The Morgan fingerprint density at radius 2 is 1.76 bits per heavy atom. The third-order valence-electron chi connectivity index (χ3n) is 5.76. The van der Waals surface area contributed by atoms with Gasteiger partial charge in [0.25, 0.3) is 5.91 Å². The maximum Gasteiger partial charge on any atom is 0.418 e. The van der Waals surface area contributed by atoms with Crippen molar-refractivity contribution in [3.05, 3.63) is 71.3 Å².